The summed E-state index contributed by atoms with van der Waals surface area (Å²) in [4.78, 5) is 27.0. The van der Waals surface area contributed by atoms with Crippen LogP contribution in [0.3, 0.4) is 0 Å². The van der Waals surface area contributed by atoms with E-state index in [9.17, 15) is 9.59 Å². The number of amides is 2. The highest BCUT2D eigenvalue weighted by molar-refractivity contribution is 8.00. The third-order valence-electron chi connectivity index (χ3n) is 5.96. The van der Waals surface area contributed by atoms with Crippen LogP contribution in [0.1, 0.15) is 38.0 Å². The van der Waals surface area contributed by atoms with Gasteiger partial charge in [-0.1, -0.05) is 66.7 Å². The summed E-state index contributed by atoms with van der Waals surface area (Å²) in [6.07, 6.45) is 0.839. The number of hydrogen-bond acceptors (Lipinski definition) is 4. The van der Waals surface area contributed by atoms with Gasteiger partial charge in [0.25, 0.3) is 5.91 Å². The maximum Gasteiger partial charge on any atom is 0.251 e. The summed E-state index contributed by atoms with van der Waals surface area (Å²) in [5.74, 6) is 2.45. The van der Waals surface area contributed by atoms with Crippen LogP contribution in [0.25, 0.3) is 0 Å². The first-order chi connectivity index (χ1) is 16.6. The van der Waals surface area contributed by atoms with Gasteiger partial charge in [-0.05, 0) is 47.7 Å². The molecule has 2 amide bonds. The summed E-state index contributed by atoms with van der Waals surface area (Å²) >= 11 is 3.48. The molecule has 1 heterocycles. The maximum atomic E-state index is 12.6. The molecule has 0 radical (unpaired) electrons. The van der Waals surface area contributed by atoms with Crippen LogP contribution in [0.5, 0.6) is 0 Å². The number of thioether (sulfide) groups is 2. The Morgan fingerprint density at radius 2 is 1.76 bits per heavy atom. The van der Waals surface area contributed by atoms with Crippen molar-refractivity contribution < 1.29 is 9.59 Å². The lowest BCUT2D eigenvalue weighted by Gasteiger charge is -2.24. The Balaban J connectivity index is 1.25. The molecule has 0 bridgehead atoms. The first-order valence-electron chi connectivity index (χ1n) is 11.6. The number of nitrogens with zero attached hydrogens (tertiary/aromatic N) is 1. The minimum atomic E-state index is -0.0564. The molecule has 0 saturated carbocycles. The molecule has 1 atom stereocenters. The normalized spacial score (nSPS) is 15.5. The Morgan fingerprint density at radius 3 is 2.53 bits per heavy atom. The molecule has 1 saturated heterocycles. The Labute approximate surface area is 210 Å². The van der Waals surface area contributed by atoms with Crippen LogP contribution < -0.4 is 5.32 Å². The van der Waals surface area contributed by atoms with Gasteiger partial charge in [0.05, 0.1) is 5.75 Å². The molecule has 0 aliphatic carbocycles. The summed E-state index contributed by atoms with van der Waals surface area (Å²) in [5.41, 5.74) is 5.59. The van der Waals surface area contributed by atoms with Gasteiger partial charge in [0.2, 0.25) is 5.91 Å². The number of aryl methyl sites for hydroxylation is 1. The van der Waals surface area contributed by atoms with Crippen molar-refractivity contribution in [3.05, 3.63) is 107 Å². The lowest BCUT2D eigenvalue weighted by molar-refractivity contribution is -0.128. The van der Waals surface area contributed by atoms with Gasteiger partial charge < -0.3 is 10.2 Å². The minimum absolute atomic E-state index is 0.00571. The van der Waals surface area contributed by atoms with Crippen molar-refractivity contribution in [3.8, 4) is 0 Å². The van der Waals surface area contributed by atoms with E-state index in [1.54, 1.807) is 11.8 Å². The van der Waals surface area contributed by atoms with Crippen LogP contribution in [0.15, 0.2) is 78.9 Å². The number of carbonyl (C=O) groups excluding carboxylic acids is 2. The Bertz CT molecular complexity index is 1100. The van der Waals surface area contributed by atoms with E-state index in [0.717, 1.165) is 23.5 Å². The van der Waals surface area contributed by atoms with Crippen molar-refractivity contribution in [3.63, 3.8) is 0 Å². The molecular weight excluding hydrogens is 460 g/mol. The molecule has 176 valence electrons. The molecule has 0 spiro atoms. The standard InChI is InChI=1S/C28H30N2O2S2/c1-21-7-5-6-10-25(21)19-33-18-16-29-27(32)23-11-13-24(14-12-23)28-30(26(31)20-34-28)17-15-22-8-3-2-4-9-22/h2-14,28H,15-20H2,1H3,(H,29,32)/t28-/m1/s1. The second-order valence-corrected chi connectivity index (χ2v) is 10.5. The molecular formula is C28H30N2O2S2. The molecule has 1 aliphatic heterocycles. The van der Waals surface area contributed by atoms with Gasteiger partial charge in [-0.3, -0.25) is 9.59 Å². The zero-order chi connectivity index (χ0) is 23.8. The van der Waals surface area contributed by atoms with Crippen LogP contribution in [-0.4, -0.2) is 41.3 Å². The third-order valence-corrected chi connectivity index (χ3v) is 8.23. The van der Waals surface area contributed by atoms with E-state index >= 15 is 0 Å². The fraction of sp³-hybridized carbons (Fsp3) is 0.286. The first kappa shape index (κ1) is 24.4. The molecule has 4 rings (SSSR count). The SMILES string of the molecule is Cc1ccccc1CSCCNC(=O)c1ccc([C@H]2SCC(=O)N2CCc2ccccc2)cc1. The van der Waals surface area contributed by atoms with Crippen molar-refractivity contribution >= 4 is 35.3 Å². The predicted octanol–water partition coefficient (Wildman–Crippen LogP) is 5.47. The summed E-state index contributed by atoms with van der Waals surface area (Å²) < 4.78 is 0. The number of hydrogen-bond donors (Lipinski definition) is 1. The van der Waals surface area contributed by atoms with E-state index < -0.39 is 0 Å². The van der Waals surface area contributed by atoms with Crippen LogP contribution in [0.4, 0.5) is 0 Å². The highest BCUT2D eigenvalue weighted by Gasteiger charge is 2.32. The Kier molecular flexibility index (Phi) is 8.72. The predicted molar refractivity (Wildman–Crippen MR) is 143 cm³/mol. The van der Waals surface area contributed by atoms with E-state index in [4.69, 9.17) is 0 Å². The zero-order valence-corrected chi connectivity index (χ0v) is 21.0. The highest BCUT2D eigenvalue weighted by Crippen LogP contribution is 2.38. The zero-order valence-electron chi connectivity index (χ0n) is 19.4. The molecule has 1 fully saturated rings. The molecule has 6 heteroatoms. The van der Waals surface area contributed by atoms with E-state index in [-0.39, 0.29) is 17.2 Å². The third kappa shape index (κ3) is 6.45. The average molecular weight is 491 g/mol. The summed E-state index contributed by atoms with van der Waals surface area (Å²) in [7, 11) is 0. The van der Waals surface area contributed by atoms with Gasteiger partial charge in [-0.15, -0.1) is 11.8 Å². The molecule has 4 nitrogen and oxygen atoms in total. The smallest absolute Gasteiger partial charge is 0.251 e. The molecule has 3 aromatic rings. The number of benzene rings is 3. The summed E-state index contributed by atoms with van der Waals surface area (Å²) in [6, 6.07) is 26.3. The summed E-state index contributed by atoms with van der Waals surface area (Å²) in [5, 5.41) is 3.02. The molecule has 1 aliphatic rings. The van der Waals surface area contributed by atoms with Crippen LogP contribution >= 0.6 is 23.5 Å². The fourth-order valence-electron chi connectivity index (χ4n) is 3.96. The van der Waals surface area contributed by atoms with Crippen LogP contribution in [-0.2, 0) is 17.0 Å². The lowest BCUT2D eigenvalue weighted by Crippen LogP contribution is -2.30. The van der Waals surface area contributed by atoms with Crippen molar-refractivity contribution in [2.24, 2.45) is 0 Å². The van der Waals surface area contributed by atoms with Crippen molar-refractivity contribution in [1.82, 2.24) is 10.2 Å². The van der Waals surface area contributed by atoms with Gasteiger partial charge in [0, 0.05) is 30.2 Å². The largest absolute Gasteiger partial charge is 0.351 e. The Morgan fingerprint density at radius 1 is 1.03 bits per heavy atom. The van der Waals surface area contributed by atoms with Gasteiger partial charge >= 0.3 is 0 Å². The van der Waals surface area contributed by atoms with Crippen molar-refractivity contribution in [2.75, 3.05) is 24.6 Å². The van der Waals surface area contributed by atoms with Crippen LogP contribution in [0.2, 0.25) is 0 Å². The van der Waals surface area contributed by atoms with Gasteiger partial charge in [-0.2, -0.15) is 11.8 Å². The van der Waals surface area contributed by atoms with Gasteiger partial charge in [0.15, 0.2) is 0 Å². The number of carbonyl (C=O) groups is 2. The van der Waals surface area contributed by atoms with E-state index in [1.165, 1.54) is 16.7 Å². The van der Waals surface area contributed by atoms with Gasteiger partial charge in [-0.25, -0.2) is 0 Å². The second-order valence-electron chi connectivity index (χ2n) is 8.34. The van der Waals surface area contributed by atoms with Crippen molar-refractivity contribution in [2.45, 2.75) is 24.5 Å². The van der Waals surface area contributed by atoms with E-state index in [1.807, 2.05) is 59.1 Å². The van der Waals surface area contributed by atoms with Crippen LogP contribution in [0, 0.1) is 6.92 Å². The van der Waals surface area contributed by atoms with E-state index in [2.05, 4.69) is 48.6 Å². The summed E-state index contributed by atoms with van der Waals surface area (Å²) in [6.45, 7) is 3.46. The monoisotopic (exact) mass is 490 g/mol. The fourth-order valence-corrected chi connectivity index (χ4v) is 6.11. The second kappa shape index (κ2) is 12.1. The molecule has 34 heavy (non-hydrogen) atoms. The average Bonchev–Trinajstić information content (AvgIpc) is 3.24. The minimum Gasteiger partial charge on any atom is -0.351 e. The maximum absolute atomic E-state index is 12.6. The highest BCUT2D eigenvalue weighted by atomic mass is 32.2. The lowest BCUT2D eigenvalue weighted by atomic mass is 10.1. The molecule has 3 aromatic carbocycles. The quantitative estimate of drug-likeness (QED) is 0.383. The van der Waals surface area contributed by atoms with Gasteiger partial charge in [0.1, 0.15) is 5.37 Å². The Hall–Kier alpha value is -2.70. The van der Waals surface area contributed by atoms with E-state index in [0.29, 0.717) is 24.4 Å². The topological polar surface area (TPSA) is 49.4 Å². The number of rotatable bonds is 10. The number of nitrogens with one attached hydrogen (secondary N) is 1. The van der Waals surface area contributed by atoms with Crippen molar-refractivity contribution in [1.29, 1.82) is 0 Å². The molecule has 0 aromatic heterocycles. The first-order valence-corrected chi connectivity index (χ1v) is 13.8. The molecule has 1 N–H and O–H groups in total. The molecule has 0 unspecified atom stereocenters.